The van der Waals surface area contributed by atoms with Gasteiger partial charge in [0.15, 0.2) is 17.3 Å². The second-order valence-electron chi connectivity index (χ2n) is 3.21. The first-order chi connectivity index (χ1) is 7.76. The van der Waals surface area contributed by atoms with Crippen molar-refractivity contribution in [3.8, 4) is 11.5 Å². The van der Waals surface area contributed by atoms with E-state index in [1.54, 1.807) is 0 Å². The van der Waals surface area contributed by atoms with Gasteiger partial charge in [-0.1, -0.05) is 0 Å². The van der Waals surface area contributed by atoms with Crippen molar-refractivity contribution >= 4 is 19.7 Å². The minimum absolute atomic E-state index is 0.190. The molecule has 0 bridgehead atoms. The van der Waals surface area contributed by atoms with Crippen molar-refractivity contribution in [2.75, 3.05) is 12.9 Å². The Morgan fingerprint density at radius 2 is 2.06 bits per heavy atom. The lowest BCUT2D eigenvalue weighted by molar-refractivity contribution is 0.340. The molecule has 0 fully saturated rings. The van der Waals surface area contributed by atoms with Gasteiger partial charge < -0.3 is 9.84 Å². The molecule has 0 atom stereocenters. The van der Waals surface area contributed by atoms with Crippen molar-refractivity contribution in [3.63, 3.8) is 0 Å². The lowest BCUT2D eigenvalue weighted by Gasteiger charge is -2.09. The van der Waals surface area contributed by atoms with E-state index in [0.29, 0.717) is 0 Å². The van der Waals surface area contributed by atoms with Crippen LogP contribution in [0.3, 0.4) is 0 Å². The molecule has 1 rings (SSSR count). The molecule has 4 nitrogen and oxygen atoms in total. The summed E-state index contributed by atoms with van der Waals surface area (Å²) in [5, 5.41) is 9.37. The smallest absolute Gasteiger partial charge is 0.232 e. The van der Waals surface area contributed by atoms with Crippen molar-refractivity contribution in [1.29, 1.82) is 0 Å². The molecule has 0 aliphatic rings. The van der Waals surface area contributed by atoms with Gasteiger partial charge in [-0.3, -0.25) is 0 Å². The Morgan fingerprint density at radius 1 is 1.47 bits per heavy atom. The number of ether oxygens (including phenoxy) is 1. The van der Waals surface area contributed by atoms with Crippen LogP contribution in [-0.4, -0.2) is 26.4 Å². The summed E-state index contributed by atoms with van der Waals surface area (Å²) in [6.45, 7) is 0. The Bertz CT molecular complexity index is 530. The number of hydrogen-bond acceptors (Lipinski definition) is 4. The van der Waals surface area contributed by atoms with E-state index < -0.39 is 37.9 Å². The molecular formula is C9H9ClF2O4S. The fraction of sp³-hybridized carbons (Fsp3) is 0.333. The van der Waals surface area contributed by atoms with Crippen LogP contribution in [0, 0.1) is 11.6 Å². The molecule has 1 aromatic carbocycles. The van der Waals surface area contributed by atoms with Crippen molar-refractivity contribution in [3.05, 3.63) is 23.3 Å². The molecule has 17 heavy (non-hydrogen) atoms. The van der Waals surface area contributed by atoms with Crippen LogP contribution in [0.2, 0.25) is 0 Å². The van der Waals surface area contributed by atoms with E-state index in [9.17, 15) is 22.3 Å². The summed E-state index contributed by atoms with van der Waals surface area (Å²) >= 11 is 0. The monoisotopic (exact) mass is 286 g/mol. The summed E-state index contributed by atoms with van der Waals surface area (Å²) in [7, 11) is 2.20. The number of aryl methyl sites for hydroxylation is 1. The van der Waals surface area contributed by atoms with Gasteiger partial charge >= 0.3 is 0 Å². The number of benzene rings is 1. The molecular weight excluding hydrogens is 278 g/mol. The van der Waals surface area contributed by atoms with Crippen LogP contribution < -0.4 is 4.74 Å². The average molecular weight is 287 g/mol. The quantitative estimate of drug-likeness (QED) is 0.857. The van der Waals surface area contributed by atoms with Gasteiger partial charge in [0.25, 0.3) is 0 Å². The fourth-order valence-corrected chi connectivity index (χ4v) is 1.94. The number of rotatable bonds is 4. The highest BCUT2D eigenvalue weighted by molar-refractivity contribution is 8.13. The molecule has 0 radical (unpaired) electrons. The highest BCUT2D eigenvalue weighted by Gasteiger charge is 2.19. The summed E-state index contributed by atoms with van der Waals surface area (Å²) in [6.07, 6.45) is -0.296. The average Bonchev–Trinajstić information content (AvgIpc) is 2.21. The number of phenols is 1. The number of aromatic hydroxyl groups is 1. The van der Waals surface area contributed by atoms with Gasteiger partial charge in [0.2, 0.25) is 14.9 Å². The molecule has 0 saturated carbocycles. The van der Waals surface area contributed by atoms with E-state index in [2.05, 4.69) is 4.74 Å². The van der Waals surface area contributed by atoms with E-state index in [0.717, 1.165) is 13.2 Å². The Labute approximate surface area is 101 Å². The molecule has 0 saturated heterocycles. The van der Waals surface area contributed by atoms with E-state index in [1.807, 2.05) is 0 Å². The topological polar surface area (TPSA) is 63.6 Å². The van der Waals surface area contributed by atoms with E-state index in [4.69, 9.17) is 10.7 Å². The first-order valence-electron chi connectivity index (χ1n) is 4.42. The van der Waals surface area contributed by atoms with Crippen LogP contribution in [0.25, 0.3) is 0 Å². The molecule has 0 amide bonds. The van der Waals surface area contributed by atoms with E-state index in [-0.39, 0.29) is 12.0 Å². The zero-order valence-electron chi connectivity index (χ0n) is 8.71. The molecule has 96 valence electrons. The largest absolute Gasteiger partial charge is 0.505 e. The third-order valence-electron chi connectivity index (χ3n) is 2.05. The number of methoxy groups -OCH3 is 1. The van der Waals surface area contributed by atoms with Crippen molar-refractivity contribution in [2.45, 2.75) is 6.42 Å². The minimum Gasteiger partial charge on any atom is -0.505 e. The fourth-order valence-electron chi connectivity index (χ4n) is 1.25. The maximum Gasteiger partial charge on any atom is 0.232 e. The Balaban J connectivity index is 3.11. The molecule has 0 aromatic heterocycles. The summed E-state index contributed by atoms with van der Waals surface area (Å²) in [5.41, 5.74) is -0.190. The van der Waals surface area contributed by atoms with Crippen molar-refractivity contribution in [1.82, 2.24) is 0 Å². The lowest BCUT2D eigenvalue weighted by atomic mass is 10.1. The number of phenolic OH excluding ortho intramolecular Hbond substituents is 1. The molecule has 0 aliphatic carbocycles. The van der Waals surface area contributed by atoms with E-state index in [1.165, 1.54) is 0 Å². The zero-order valence-corrected chi connectivity index (χ0v) is 10.3. The predicted octanol–water partition coefficient (Wildman–Crippen LogP) is 1.79. The molecule has 0 unspecified atom stereocenters. The highest BCUT2D eigenvalue weighted by Crippen LogP contribution is 2.32. The van der Waals surface area contributed by atoms with Gasteiger partial charge in [-0.2, -0.15) is 4.39 Å². The van der Waals surface area contributed by atoms with Crippen LogP contribution in [0.1, 0.15) is 5.56 Å². The van der Waals surface area contributed by atoms with Gasteiger partial charge in [0, 0.05) is 16.2 Å². The third-order valence-corrected chi connectivity index (χ3v) is 3.20. The second kappa shape index (κ2) is 5.05. The van der Waals surface area contributed by atoms with Gasteiger partial charge in [-0.15, -0.1) is 0 Å². The van der Waals surface area contributed by atoms with Crippen LogP contribution in [0.4, 0.5) is 8.78 Å². The SMILES string of the molecule is COc1c(F)cc(CCS(=O)(=O)Cl)c(O)c1F. The Kier molecular flexibility index (Phi) is 4.16. The minimum atomic E-state index is -3.80. The molecule has 1 aromatic rings. The van der Waals surface area contributed by atoms with Gasteiger partial charge in [-0.25, -0.2) is 12.8 Å². The van der Waals surface area contributed by atoms with Gasteiger partial charge in [-0.05, 0) is 12.5 Å². The summed E-state index contributed by atoms with van der Waals surface area (Å²) in [5.74, 6) is -4.39. The molecule has 0 aliphatic heterocycles. The molecule has 0 spiro atoms. The van der Waals surface area contributed by atoms with Crippen LogP contribution in [0.5, 0.6) is 11.5 Å². The normalized spacial score (nSPS) is 11.5. The zero-order chi connectivity index (χ0) is 13.2. The van der Waals surface area contributed by atoms with Crippen LogP contribution >= 0.6 is 10.7 Å². The molecule has 8 heteroatoms. The Hall–Kier alpha value is -1.08. The summed E-state index contributed by atoms with van der Waals surface area (Å²) in [6, 6.07) is 0.805. The first-order valence-corrected chi connectivity index (χ1v) is 6.90. The summed E-state index contributed by atoms with van der Waals surface area (Å²) in [4.78, 5) is 0. The standard InChI is InChI=1S/C9H9ClF2O4S/c1-16-9-6(11)4-5(8(13)7(9)12)2-3-17(10,14)15/h4,13H,2-3H2,1H3. The second-order valence-corrected chi connectivity index (χ2v) is 6.10. The third kappa shape index (κ3) is 3.44. The Morgan fingerprint density at radius 3 is 2.53 bits per heavy atom. The highest BCUT2D eigenvalue weighted by atomic mass is 35.7. The molecule has 1 N–H and O–H groups in total. The maximum atomic E-state index is 13.3. The van der Waals surface area contributed by atoms with Crippen molar-refractivity contribution < 1.29 is 27.0 Å². The lowest BCUT2D eigenvalue weighted by Crippen LogP contribution is -2.04. The van der Waals surface area contributed by atoms with Crippen LogP contribution in [-0.2, 0) is 15.5 Å². The maximum absolute atomic E-state index is 13.3. The van der Waals surface area contributed by atoms with Gasteiger partial charge in [0.05, 0.1) is 12.9 Å². The number of hydrogen-bond donors (Lipinski definition) is 1. The molecule has 0 heterocycles. The van der Waals surface area contributed by atoms with Crippen molar-refractivity contribution in [2.24, 2.45) is 0 Å². The number of halogens is 3. The van der Waals surface area contributed by atoms with E-state index >= 15 is 0 Å². The summed E-state index contributed by atoms with van der Waals surface area (Å²) < 4.78 is 52.4. The predicted molar refractivity (Wildman–Crippen MR) is 57.9 cm³/mol. The first kappa shape index (κ1) is 14.0. The van der Waals surface area contributed by atoms with Gasteiger partial charge in [0.1, 0.15) is 0 Å². The van der Waals surface area contributed by atoms with Crippen LogP contribution in [0.15, 0.2) is 6.07 Å².